The van der Waals surface area contributed by atoms with Crippen LogP contribution in [-0.2, 0) is 29.1 Å². The van der Waals surface area contributed by atoms with Crippen LogP contribution in [0.1, 0.15) is 38.1 Å². The average Bonchev–Trinajstić information content (AvgIpc) is 3.54. The first-order chi connectivity index (χ1) is 16.9. The van der Waals surface area contributed by atoms with Crippen molar-refractivity contribution < 1.29 is 19.1 Å². The predicted octanol–water partition coefficient (Wildman–Crippen LogP) is 1.90. The number of thiazole rings is 1. The Balaban J connectivity index is 1.35. The third-order valence-corrected chi connectivity index (χ3v) is 7.25. The minimum atomic E-state index is -0.371. The largest absolute Gasteiger partial charge is 0.494 e. The number of nitrogens with zero attached hydrogens (tertiary/aromatic N) is 5. The monoisotopic (exact) mass is 496 g/mol. The molecule has 4 bridgehead atoms. The van der Waals surface area contributed by atoms with Crippen LogP contribution in [0.2, 0.25) is 0 Å². The lowest BCUT2D eigenvalue weighted by Gasteiger charge is -2.20. The van der Waals surface area contributed by atoms with Gasteiger partial charge >= 0.3 is 0 Å². The van der Waals surface area contributed by atoms with Gasteiger partial charge in [0.25, 0.3) is 5.91 Å². The molecule has 2 atom stereocenters. The molecule has 4 heterocycles. The van der Waals surface area contributed by atoms with Gasteiger partial charge in [0.05, 0.1) is 48.7 Å². The van der Waals surface area contributed by atoms with Crippen molar-refractivity contribution in [3.63, 3.8) is 0 Å². The van der Waals surface area contributed by atoms with Crippen molar-refractivity contribution in [2.45, 2.75) is 52.0 Å². The van der Waals surface area contributed by atoms with E-state index < -0.39 is 0 Å². The third-order valence-electron chi connectivity index (χ3n) is 6.17. The molecule has 11 heteroatoms. The molecule has 0 saturated carbocycles. The van der Waals surface area contributed by atoms with Crippen LogP contribution in [-0.4, -0.2) is 68.5 Å². The van der Waals surface area contributed by atoms with Crippen LogP contribution in [0.3, 0.4) is 0 Å². The molecule has 0 radical (unpaired) electrons. The molecule has 2 aliphatic rings. The highest BCUT2D eigenvalue weighted by atomic mass is 32.1. The topological polar surface area (TPSA) is 111 Å². The van der Waals surface area contributed by atoms with Gasteiger partial charge in [0.1, 0.15) is 11.4 Å². The number of aryl methyl sites for hydroxylation is 3. The first-order valence-electron chi connectivity index (χ1n) is 11.7. The number of amides is 2. The fraction of sp³-hybridized carbons (Fsp3) is 0.458. The smallest absolute Gasteiger partial charge is 0.251 e. The van der Waals surface area contributed by atoms with Gasteiger partial charge in [-0.1, -0.05) is 11.3 Å². The van der Waals surface area contributed by atoms with Gasteiger partial charge in [-0.2, -0.15) is 0 Å². The Morgan fingerprint density at radius 3 is 3.00 bits per heavy atom. The fourth-order valence-corrected chi connectivity index (χ4v) is 5.30. The molecule has 0 aliphatic carbocycles. The molecule has 0 unspecified atom stereocenters. The van der Waals surface area contributed by atoms with E-state index in [1.165, 1.54) is 0 Å². The molecular formula is C24H28N6O4S. The molecule has 5 rings (SSSR count). The number of hydrogen-bond acceptors (Lipinski definition) is 8. The van der Waals surface area contributed by atoms with Crippen molar-refractivity contribution >= 4 is 23.2 Å². The number of carbonyl (C=O) groups is 2. The minimum absolute atomic E-state index is 0.00525. The molecule has 184 valence electrons. The van der Waals surface area contributed by atoms with Gasteiger partial charge in [-0.05, 0) is 32.0 Å². The molecular weight excluding hydrogens is 468 g/mol. The Bertz CT molecular complexity index is 1220. The molecule has 1 aromatic carbocycles. The summed E-state index contributed by atoms with van der Waals surface area (Å²) in [6, 6.07) is 6.76. The summed E-state index contributed by atoms with van der Waals surface area (Å²) in [5.74, 6) is 0.403. The molecule has 1 N–H and O–H groups in total. The van der Waals surface area contributed by atoms with Gasteiger partial charge in [-0.3, -0.25) is 14.3 Å². The highest BCUT2D eigenvalue weighted by molar-refractivity contribution is 7.11. The number of likely N-dealkylation sites (tertiary alicyclic amines) is 1. The summed E-state index contributed by atoms with van der Waals surface area (Å²) in [5, 5.41) is 12.4. The quantitative estimate of drug-likeness (QED) is 0.577. The van der Waals surface area contributed by atoms with Gasteiger partial charge in [0.15, 0.2) is 0 Å². The summed E-state index contributed by atoms with van der Waals surface area (Å²) in [6.45, 7) is 6.03. The second-order valence-corrected chi connectivity index (χ2v) is 10.1. The van der Waals surface area contributed by atoms with E-state index in [1.54, 1.807) is 39.1 Å². The number of aromatic nitrogens is 4. The number of hydrogen-bond donors (Lipinski definition) is 1. The summed E-state index contributed by atoms with van der Waals surface area (Å²) in [4.78, 5) is 33.3. The molecule has 2 aliphatic heterocycles. The summed E-state index contributed by atoms with van der Waals surface area (Å²) >= 11 is 1.54. The highest BCUT2D eigenvalue weighted by Crippen LogP contribution is 2.22. The maximum atomic E-state index is 13.1. The highest BCUT2D eigenvalue weighted by Gasteiger charge is 2.37. The van der Waals surface area contributed by atoms with Gasteiger partial charge in [0.2, 0.25) is 5.91 Å². The third kappa shape index (κ3) is 5.51. The first-order valence-corrected chi connectivity index (χ1v) is 12.5. The molecule has 0 spiro atoms. The van der Waals surface area contributed by atoms with Crippen LogP contribution in [0.25, 0.3) is 0 Å². The van der Waals surface area contributed by atoms with Gasteiger partial charge in [-0.25, -0.2) is 4.98 Å². The van der Waals surface area contributed by atoms with Crippen molar-refractivity contribution in [3.8, 4) is 5.75 Å². The Kier molecular flexibility index (Phi) is 6.78. The zero-order chi connectivity index (χ0) is 24.4. The predicted molar refractivity (Wildman–Crippen MR) is 128 cm³/mol. The van der Waals surface area contributed by atoms with E-state index in [4.69, 9.17) is 9.47 Å². The van der Waals surface area contributed by atoms with E-state index >= 15 is 0 Å². The summed E-state index contributed by atoms with van der Waals surface area (Å²) < 4.78 is 13.8. The van der Waals surface area contributed by atoms with Gasteiger partial charge < -0.3 is 19.7 Å². The lowest BCUT2D eigenvalue weighted by Crippen LogP contribution is -2.44. The van der Waals surface area contributed by atoms with Crippen LogP contribution in [0.4, 0.5) is 0 Å². The second-order valence-electron chi connectivity index (χ2n) is 8.85. The second kappa shape index (κ2) is 10.1. The van der Waals surface area contributed by atoms with E-state index in [-0.39, 0.29) is 30.6 Å². The van der Waals surface area contributed by atoms with E-state index in [1.807, 2.05) is 26.1 Å². The van der Waals surface area contributed by atoms with E-state index in [0.717, 1.165) is 22.0 Å². The SMILES string of the molecule is Cc1nc(C)c(CC(=O)N2C[C@@H]3NC(=O)c4cccc(c4)OCCCn4cc(nn4)CO[C@H]3C2)s1. The zero-order valence-electron chi connectivity index (χ0n) is 19.8. The Morgan fingerprint density at radius 1 is 1.29 bits per heavy atom. The van der Waals surface area contributed by atoms with Crippen molar-refractivity contribution in [2.75, 3.05) is 19.7 Å². The zero-order valence-corrected chi connectivity index (χ0v) is 20.6. The number of ether oxygens (including phenoxy) is 2. The number of nitrogens with one attached hydrogen (secondary N) is 1. The van der Waals surface area contributed by atoms with Crippen LogP contribution < -0.4 is 10.1 Å². The lowest BCUT2D eigenvalue weighted by molar-refractivity contribution is -0.130. The Morgan fingerprint density at radius 2 is 2.17 bits per heavy atom. The number of fused-ring (bicyclic) bond motifs is 5. The Hall–Kier alpha value is -3.31. The van der Waals surface area contributed by atoms with Gasteiger partial charge in [-0.15, -0.1) is 16.4 Å². The van der Waals surface area contributed by atoms with Crippen LogP contribution in [0.5, 0.6) is 5.75 Å². The summed E-state index contributed by atoms with van der Waals surface area (Å²) in [6.07, 6.45) is 2.52. The van der Waals surface area contributed by atoms with Gasteiger partial charge in [0, 0.05) is 36.5 Å². The number of benzene rings is 1. The molecule has 10 nitrogen and oxygen atoms in total. The van der Waals surface area contributed by atoms with E-state index in [2.05, 4.69) is 20.6 Å². The van der Waals surface area contributed by atoms with Crippen LogP contribution >= 0.6 is 11.3 Å². The van der Waals surface area contributed by atoms with Crippen molar-refractivity contribution in [1.82, 2.24) is 30.2 Å². The minimum Gasteiger partial charge on any atom is -0.494 e. The van der Waals surface area contributed by atoms with E-state index in [0.29, 0.717) is 49.7 Å². The molecule has 35 heavy (non-hydrogen) atoms. The number of carbonyl (C=O) groups excluding carboxylic acids is 2. The van der Waals surface area contributed by atoms with Crippen molar-refractivity contribution in [3.05, 3.63) is 57.3 Å². The molecule has 2 amide bonds. The van der Waals surface area contributed by atoms with Crippen LogP contribution in [0.15, 0.2) is 30.5 Å². The van der Waals surface area contributed by atoms with Crippen molar-refractivity contribution in [1.29, 1.82) is 0 Å². The van der Waals surface area contributed by atoms with Crippen molar-refractivity contribution in [2.24, 2.45) is 0 Å². The summed E-state index contributed by atoms with van der Waals surface area (Å²) in [7, 11) is 0. The Labute approximate surface area is 207 Å². The molecule has 1 fully saturated rings. The molecule has 3 aromatic rings. The van der Waals surface area contributed by atoms with Crippen LogP contribution in [0, 0.1) is 13.8 Å². The lowest BCUT2D eigenvalue weighted by atomic mass is 10.1. The maximum absolute atomic E-state index is 13.1. The standard InChI is InChI=1S/C24H28N6O4S/c1-15-22(35-16(2)25-15)10-23(31)29-12-20-21(13-29)34-14-18-11-30(28-27-18)7-4-8-33-19-6-3-5-17(9-19)24(32)26-20/h3,5-6,9,11,20-21H,4,7-8,10,12-14H2,1-2H3,(H,26,32)/t20-,21-/m0/s1. The molecule has 1 saturated heterocycles. The first kappa shape index (κ1) is 23.4. The van der Waals surface area contributed by atoms with E-state index in [9.17, 15) is 9.59 Å². The normalized spacial score (nSPS) is 20.7. The molecule has 2 aromatic heterocycles. The average molecular weight is 497 g/mol. The number of rotatable bonds is 2. The summed E-state index contributed by atoms with van der Waals surface area (Å²) in [5.41, 5.74) is 2.10. The maximum Gasteiger partial charge on any atom is 0.251 e. The fourth-order valence-electron chi connectivity index (χ4n) is 4.37.